The van der Waals surface area contributed by atoms with Gasteiger partial charge in [-0.25, -0.2) is 0 Å². The fourth-order valence-electron chi connectivity index (χ4n) is 2.33. The molecule has 0 aliphatic heterocycles. The van der Waals surface area contributed by atoms with Crippen molar-refractivity contribution in [2.24, 2.45) is 0 Å². The van der Waals surface area contributed by atoms with E-state index in [0.717, 1.165) is 17.4 Å². The van der Waals surface area contributed by atoms with Crippen molar-refractivity contribution in [2.75, 3.05) is 7.11 Å². The van der Waals surface area contributed by atoms with Crippen LogP contribution >= 0.6 is 0 Å². The van der Waals surface area contributed by atoms with Crippen LogP contribution in [0.5, 0.6) is 0 Å². The minimum absolute atomic E-state index is 0.870. The summed E-state index contributed by atoms with van der Waals surface area (Å²) in [5.41, 5.74) is 0. The monoisotopic (exact) mass is 468 g/mol. The van der Waals surface area contributed by atoms with Crippen molar-refractivity contribution in [3.05, 3.63) is 45.4 Å². The molecule has 0 spiro atoms. The molecular formula is C24H32CrO6. The molecule has 170 valence electrons. The number of unbranched alkanes of at least 4 members (excludes halogenated alkanes) is 12. The molecule has 0 N–H and O–H groups in total. The van der Waals surface area contributed by atoms with Crippen molar-refractivity contribution >= 4 is 4.57 Å². The molecule has 0 aliphatic carbocycles. The molecule has 0 bridgehead atoms. The van der Waals surface area contributed by atoms with Gasteiger partial charge in [0.2, 0.25) is 0 Å². The fraction of sp³-hybridized carbons (Fsp3) is 0.583. The van der Waals surface area contributed by atoms with Crippen molar-refractivity contribution < 1.29 is 43.8 Å². The first-order valence-corrected chi connectivity index (χ1v) is 10.1. The quantitative estimate of drug-likeness (QED) is 0.137. The molecule has 0 saturated heterocycles. The third-order valence-corrected chi connectivity index (χ3v) is 4.12. The van der Waals surface area contributed by atoms with E-state index in [0.29, 0.717) is 0 Å². The summed E-state index contributed by atoms with van der Waals surface area (Å²) < 4.78 is 43.4. The predicted octanol–water partition coefficient (Wildman–Crippen LogP) is 5.38. The van der Waals surface area contributed by atoms with E-state index in [-0.39, 0.29) is 0 Å². The first-order chi connectivity index (χ1) is 15.3. The first-order valence-electron chi connectivity index (χ1n) is 9.51. The summed E-state index contributed by atoms with van der Waals surface area (Å²) in [5, 5.41) is 0. The van der Waals surface area contributed by atoms with Gasteiger partial charge < -0.3 is 0 Å². The Morgan fingerprint density at radius 2 is 1.03 bits per heavy atom. The molecule has 0 aromatic rings. The Kier molecular flexibility index (Phi) is 87.9. The van der Waals surface area contributed by atoms with Crippen LogP contribution in [-0.2, 0) is 43.8 Å². The summed E-state index contributed by atoms with van der Waals surface area (Å²) in [5.74, 6) is 2.71. The topological polar surface area (TPSA) is 109 Å². The molecular weight excluding hydrogens is 436 g/mol. The van der Waals surface area contributed by atoms with E-state index in [2.05, 4.69) is 61.1 Å². The SMILES string of the molecule is C#CCCCCCCCCCCCCC/C=C/[C](=[Cr])OC.[C-]#[O+].[C-]#[O+].[C-]#[O+].[C-]#[O+].[C-]#[O+]. The van der Waals surface area contributed by atoms with Gasteiger partial charge in [0, 0.05) is 6.42 Å². The van der Waals surface area contributed by atoms with Crippen molar-refractivity contribution in [1.29, 1.82) is 0 Å². The Labute approximate surface area is 196 Å². The second kappa shape index (κ2) is 63.0. The van der Waals surface area contributed by atoms with Crippen LogP contribution in [0.3, 0.4) is 0 Å². The van der Waals surface area contributed by atoms with Crippen LogP contribution in [-0.4, -0.2) is 11.7 Å². The van der Waals surface area contributed by atoms with Gasteiger partial charge in [-0.1, -0.05) is 12.8 Å². The summed E-state index contributed by atoms with van der Waals surface area (Å²) >= 11 is 2.88. The molecule has 7 heteroatoms. The second-order valence-electron chi connectivity index (χ2n) is 5.56. The summed E-state index contributed by atoms with van der Waals surface area (Å²) in [4.78, 5) is 0. The van der Waals surface area contributed by atoms with Crippen LogP contribution in [0, 0.1) is 45.6 Å². The third kappa shape index (κ3) is 65.4. The number of ether oxygens (including phenoxy) is 1. The molecule has 0 radical (unpaired) electrons. The molecule has 0 saturated carbocycles. The summed E-state index contributed by atoms with van der Waals surface area (Å²) in [6, 6.07) is 0. The number of methoxy groups -OCH3 is 1. The zero-order valence-electron chi connectivity index (χ0n) is 18.3. The summed E-state index contributed by atoms with van der Waals surface area (Å²) in [6.45, 7) is 22.5. The Morgan fingerprint density at radius 1 is 0.710 bits per heavy atom. The number of terminal acetylenes is 1. The molecule has 0 aromatic carbocycles. The predicted molar refractivity (Wildman–Crippen MR) is 110 cm³/mol. The van der Waals surface area contributed by atoms with Gasteiger partial charge in [0.05, 0.1) is 0 Å². The Morgan fingerprint density at radius 3 is 1.35 bits per heavy atom. The van der Waals surface area contributed by atoms with Crippen LogP contribution in [0.4, 0.5) is 0 Å². The van der Waals surface area contributed by atoms with Gasteiger partial charge in [-0.05, 0) is 6.42 Å². The van der Waals surface area contributed by atoms with Crippen molar-refractivity contribution in [3.8, 4) is 12.3 Å². The van der Waals surface area contributed by atoms with Crippen LogP contribution in [0.25, 0.3) is 0 Å². The molecule has 0 aromatic heterocycles. The van der Waals surface area contributed by atoms with Gasteiger partial charge in [-0.2, -0.15) is 0 Å². The Balaban J connectivity index is -0.000000136. The zero-order valence-corrected chi connectivity index (χ0v) is 19.6. The second-order valence-corrected chi connectivity index (χ2v) is 6.19. The van der Waals surface area contributed by atoms with E-state index in [9.17, 15) is 0 Å². The third-order valence-electron chi connectivity index (χ3n) is 3.65. The van der Waals surface area contributed by atoms with Crippen LogP contribution in [0.15, 0.2) is 12.2 Å². The van der Waals surface area contributed by atoms with E-state index in [1.54, 1.807) is 7.11 Å². The summed E-state index contributed by atoms with van der Waals surface area (Å²) in [7, 11) is 1.69. The average Bonchev–Trinajstić information content (AvgIpc) is 2.87. The van der Waals surface area contributed by atoms with Gasteiger partial charge in [0.1, 0.15) is 0 Å². The van der Waals surface area contributed by atoms with Crippen LogP contribution in [0.2, 0.25) is 0 Å². The van der Waals surface area contributed by atoms with Gasteiger partial charge >= 0.3 is 159 Å². The molecule has 6 nitrogen and oxygen atoms in total. The van der Waals surface area contributed by atoms with E-state index >= 15 is 0 Å². The van der Waals surface area contributed by atoms with Gasteiger partial charge in [0.25, 0.3) is 0 Å². The number of hydrogen-bond donors (Lipinski definition) is 0. The Hall–Kier alpha value is -1.64. The van der Waals surface area contributed by atoms with E-state index in [1.807, 2.05) is 6.08 Å². The summed E-state index contributed by atoms with van der Waals surface area (Å²) in [6.07, 6.45) is 26.5. The zero-order chi connectivity index (χ0) is 25.6. The van der Waals surface area contributed by atoms with Gasteiger partial charge in [-0.15, -0.1) is 12.3 Å². The molecule has 0 aliphatic rings. The van der Waals surface area contributed by atoms with E-state index in [4.69, 9.17) is 34.4 Å². The molecule has 0 fully saturated rings. The minimum atomic E-state index is 0.870. The standard InChI is InChI=1S/C19H32O.5CO.Cr/c1-3-4-5-6-7-8-9-10-11-12-13-14-15-16-17-18-19-20-2;5*1-2;/h1,17-18H,4-16H2,2H3;;;;;;/b18-17+;;;;;;. The average molecular weight is 469 g/mol. The number of hydrogen-bond acceptors (Lipinski definition) is 1. The van der Waals surface area contributed by atoms with Crippen molar-refractivity contribution in [1.82, 2.24) is 0 Å². The number of rotatable bonds is 15. The molecule has 0 heterocycles. The maximum absolute atomic E-state index is 7.50. The van der Waals surface area contributed by atoms with E-state index < -0.39 is 0 Å². The fourth-order valence-corrected chi connectivity index (χ4v) is 2.48. The normalized spacial score (nSPS) is 7.68. The number of allylic oxidation sites excluding steroid dienone is 1. The molecule has 0 amide bonds. The maximum atomic E-state index is 7.50. The van der Waals surface area contributed by atoms with Gasteiger partial charge in [0.15, 0.2) is 0 Å². The first kappa shape index (κ1) is 43.3. The molecule has 31 heavy (non-hydrogen) atoms. The molecule has 0 unspecified atom stereocenters. The van der Waals surface area contributed by atoms with E-state index in [1.165, 1.54) is 70.6 Å². The van der Waals surface area contributed by atoms with Gasteiger partial charge in [-0.3, -0.25) is 0 Å². The van der Waals surface area contributed by atoms with Crippen molar-refractivity contribution in [3.63, 3.8) is 0 Å². The van der Waals surface area contributed by atoms with Crippen LogP contribution < -0.4 is 0 Å². The van der Waals surface area contributed by atoms with Crippen LogP contribution in [0.1, 0.15) is 83.5 Å². The van der Waals surface area contributed by atoms with Crippen molar-refractivity contribution in [2.45, 2.75) is 83.5 Å². The molecule has 0 rings (SSSR count). The molecule has 0 atom stereocenters. The Bertz CT molecular complexity index is 460.